The summed E-state index contributed by atoms with van der Waals surface area (Å²) < 4.78 is 10.2. The summed E-state index contributed by atoms with van der Waals surface area (Å²) in [4.78, 5) is 19.1. The maximum absolute atomic E-state index is 12.8. The number of hydrogen-bond donors (Lipinski definition) is 0. The molecule has 3 aromatic rings. The lowest BCUT2D eigenvalue weighted by Gasteiger charge is -2.36. The van der Waals surface area contributed by atoms with Crippen molar-refractivity contribution in [3.8, 4) is 6.07 Å². The summed E-state index contributed by atoms with van der Waals surface area (Å²) in [5.74, 6) is 0.381. The number of nitriles is 1. The highest BCUT2D eigenvalue weighted by molar-refractivity contribution is 5.77. The Hall–Kier alpha value is -3.41. The number of carbonyl (C=O) groups is 1. The first kappa shape index (κ1) is 22.1. The molecule has 9 heteroatoms. The van der Waals surface area contributed by atoms with Crippen LogP contribution in [0.3, 0.4) is 0 Å². The molecule has 0 unspecified atom stereocenters. The molecule has 1 spiro atoms. The number of aromatic nitrogens is 5. The number of rotatable bonds is 5. The minimum atomic E-state index is -0.437. The molecule has 6 rings (SSSR count). The van der Waals surface area contributed by atoms with Gasteiger partial charge in [0.2, 0.25) is 0 Å². The van der Waals surface area contributed by atoms with Crippen molar-refractivity contribution in [3.05, 3.63) is 42.0 Å². The van der Waals surface area contributed by atoms with E-state index >= 15 is 0 Å². The van der Waals surface area contributed by atoms with Gasteiger partial charge in [-0.15, -0.1) is 5.10 Å². The van der Waals surface area contributed by atoms with E-state index < -0.39 is 5.60 Å². The number of fused-ring (bicyclic) bond motifs is 1. The number of amides is 1. The second-order valence-electron chi connectivity index (χ2n) is 10.6. The van der Waals surface area contributed by atoms with Gasteiger partial charge in [0, 0.05) is 6.54 Å². The molecule has 0 N–H and O–H groups in total. The van der Waals surface area contributed by atoms with Crippen molar-refractivity contribution in [1.82, 2.24) is 29.4 Å². The van der Waals surface area contributed by atoms with E-state index in [0.29, 0.717) is 30.6 Å². The first-order valence-corrected chi connectivity index (χ1v) is 12.8. The van der Waals surface area contributed by atoms with Crippen molar-refractivity contribution >= 4 is 17.1 Å². The van der Waals surface area contributed by atoms with Gasteiger partial charge in [-0.1, -0.05) is 24.5 Å². The van der Waals surface area contributed by atoms with Crippen molar-refractivity contribution in [2.24, 2.45) is 5.92 Å². The molecule has 182 valence electrons. The van der Waals surface area contributed by atoms with Crippen LogP contribution in [0.15, 0.2) is 30.7 Å². The van der Waals surface area contributed by atoms with Crippen LogP contribution in [-0.4, -0.2) is 47.7 Å². The second-order valence-corrected chi connectivity index (χ2v) is 10.6. The number of carbonyl (C=O) groups excluding carboxylic acids is 1. The van der Waals surface area contributed by atoms with E-state index in [1.807, 2.05) is 29.3 Å². The second kappa shape index (κ2) is 8.99. The molecule has 9 nitrogen and oxygen atoms in total. The van der Waals surface area contributed by atoms with Crippen molar-refractivity contribution in [2.75, 3.05) is 6.54 Å². The molecule has 2 aromatic heterocycles. The van der Waals surface area contributed by atoms with E-state index in [-0.39, 0.29) is 6.09 Å². The maximum atomic E-state index is 12.8. The van der Waals surface area contributed by atoms with E-state index in [1.165, 1.54) is 19.3 Å². The summed E-state index contributed by atoms with van der Waals surface area (Å²) in [6.07, 6.45) is 13.6. The summed E-state index contributed by atoms with van der Waals surface area (Å²) in [6.45, 7) is 1.85. The third-order valence-electron chi connectivity index (χ3n) is 8.01. The van der Waals surface area contributed by atoms with Crippen LogP contribution in [0.2, 0.25) is 0 Å². The van der Waals surface area contributed by atoms with Crippen LogP contribution in [0.4, 0.5) is 4.79 Å². The quantitative estimate of drug-likeness (QED) is 0.537. The summed E-state index contributed by atoms with van der Waals surface area (Å²) in [5, 5.41) is 18.0. The Labute approximate surface area is 204 Å². The normalized spacial score (nSPS) is 25.3. The van der Waals surface area contributed by atoms with Crippen molar-refractivity contribution < 1.29 is 9.53 Å². The van der Waals surface area contributed by atoms with Gasteiger partial charge >= 0.3 is 6.09 Å². The van der Waals surface area contributed by atoms with E-state index in [4.69, 9.17) is 4.74 Å². The van der Waals surface area contributed by atoms with Gasteiger partial charge in [0.05, 0.1) is 54.3 Å². The lowest BCUT2D eigenvalue weighted by Crippen LogP contribution is -2.40. The first-order valence-electron chi connectivity index (χ1n) is 12.8. The molecule has 0 bridgehead atoms. The highest BCUT2D eigenvalue weighted by Gasteiger charge is 2.48. The van der Waals surface area contributed by atoms with Crippen LogP contribution in [0, 0.1) is 17.2 Å². The monoisotopic (exact) mass is 473 g/mol. The average molecular weight is 474 g/mol. The smallest absolute Gasteiger partial charge is 0.410 e. The number of benzene rings is 1. The lowest BCUT2D eigenvalue weighted by molar-refractivity contribution is 0.00415. The van der Waals surface area contributed by atoms with Gasteiger partial charge in [0.1, 0.15) is 11.3 Å². The standard InChI is InChI=1S/C26H31N7O2/c27-13-19-8-9-23-24(11-19)32(18-28-23)14-20-5-4-10-26(12-20)17-31(25(34)35-26)15-21-16-33(30-29-21)22-6-2-1-3-7-22/h8-9,11,16,18,20,22H,1-7,10,12,14-15,17H2/t20-,26-/m0/s1. The number of ether oxygens (including phenoxy) is 1. The molecule has 1 amide bonds. The molecule has 35 heavy (non-hydrogen) atoms. The fraction of sp³-hybridized carbons (Fsp3) is 0.577. The van der Waals surface area contributed by atoms with E-state index in [0.717, 1.165) is 61.8 Å². The average Bonchev–Trinajstić information content (AvgIpc) is 3.58. The van der Waals surface area contributed by atoms with Gasteiger partial charge in [-0.3, -0.25) is 4.90 Å². The molecule has 2 atom stereocenters. The Balaban J connectivity index is 1.12. The van der Waals surface area contributed by atoms with Gasteiger partial charge in [-0.2, -0.15) is 5.26 Å². The third kappa shape index (κ3) is 4.38. The molecular formula is C26H31N7O2. The van der Waals surface area contributed by atoms with Crippen molar-refractivity contribution in [1.29, 1.82) is 5.26 Å². The highest BCUT2D eigenvalue weighted by Crippen LogP contribution is 2.41. The molecule has 2 aliphatic carbocycles. The van der Waals surface area contributed by atoms with Gasteiger partial charge in [-0.05, 0) is 62.6 Å². The van der Waals surface area contributed by atoms with E-state index in [1.54, 1.807) is 11.0 Å². The minimum Gasteiger partial charge on any atom is -0.441 e. The molecule has 3 fully saturated rings. The molecule has 1 aromatic carbocycles. The van der Waals surface area contributed by atoms with Gasteiger partial charge < -0.3 is 9.30 Å². The summed E-state index contributed by atoms with van der Waals surface area (Å²) in [7, 11) is 0. The molecule has 2 saturated carbocycles. The predicted molar refractivity (Wildman–Crippen MR) is 128 cm³/mol. The molecule has 1 aliphatic heterocycles. The molecular weight excluding hydrogens is 442 g/mol. The zero-order valence-electron chi connectivity index (χ0n) is 20.0. The van der Waals surface area contributed by atoms with Gasteiger partial charge in [-0.25, -0.2) is 14.5 Å². The van der Waals surface area contributed by atoms with Gasteiger partial charge in [0.25, 0.3) is 0 Å². The van der Waals surface area contributed by atoms with Crippen LogP contribution < -0.4 is 0 Å². The summed E-state index contributed by atoms with van der Waals surface area (Å²) >= 11 is 0. The molecule has 1 saturated heterocycles. The minimum absolute atomic E-state index is 0.246. The zero-order chi connectivity index (χ0) is 23.8. The fourth-order valence-electron chi connectivity index (χ4n) is 6.31. The molecule has 3 aliphatic rings. The first-order chi connectivity index (χ1) is 17.1. The van der Waals surface area contributed by atoms with Crippen LogP contribution in [0.25, 0.3) is 11.0 Å². The van der Waals surface area contributed by atoms with E-state index in [9.17, 15) is 10.1 Å². The van der Waals surface area contributed by atoms with Crippen molar-refractivity contribution in [3.63, 3.8) is 0 Å². The topological polar surface area (TPSA) is 102 Å². The van der Waals surface area contributed by atoms with E-state index in [2.05, 4.69) is 25.9 Å². The van der Waals surface area contributed by atoms with Crippen LogP contribution in [-0.2, 0) is 17.8 Å². The Bertz CT molecular complexity index is 1270. The van der Waals surface area contributed by atoms with Crippen molar-refractivity contribution in [2.45, 2.75) is 82.5 Å². The summed E-state index contributed by atoms with van der Waals surface area (Å²) in [5.41, 5.74) is 2.91. The Morgan fingerprint density at radius 1 is 1.17 bits per heavy atom. The maximum Gasteiger partial charge on any atom is 0.410 e. The predicted octanol–water partition coefficient (Wildman–Crippen LogP) is 4.59. The van der Waals surface area contributed by atoms with Gasteiger partial charge in [0.15, 0.2) is 0 Å². The molecule has 0 radical (unpaired) electrons. The van der Waals surface area contributed by atoms with Crippen LogP contribution in [0.5, 0.6) is 0 Å². The Kier molecular flexibility index (Phi) is 5.67. The lowest BCUT2D eigenvalue weighted by atomic mass is 9.78. The molecule has 3 heterocycles. The summed E-state index contributed by atoms with van der Waals surface area (Å²) in [6, 6.07) is 8.25. The largest absolute Gasteiger partial charge is 0.441 e. The SMILES string of the molecule is N#Cc1ccc2ncn(C[C@H]3CCC[C@]4(C3)CN(Cc3cn(C5CCCCC5)nn3)C(=O)O4)c2c1. The highest BCUT2D eigenvalue weighted by atomic mass is 16.6. The zero-order valence-corrected chi connectivity index (χ0v) is 20.0. The third-order valence-corrected chi connectivity index (χ3v) is 8.01. The number of hydrogen-bond acceptors (Lipinski definition) is 6. The number of imidazole rings is 1. The number of nitrogens with zero attached hydrogens (tertiary/aromatic N) is 7. The Morgan fingerprint density at radius 2 is 2.06 bits per heavy atom. The Morgan fingerprint density at radius 3 is 2.91 bits per heavy atom. The van der Waals surface area contributed by atoms with Crippen LogP contribution in [0.1, 0.15) is 75.1 Å². The fourth-order valence-corrected chi connectivity index (χ4v) is 6.31. The van der Waals surface area contributed by atoms with Crippen LogP contribution >= 0.6 is 0 Å².